The molecule has 0 N–H and O–H groups in total. The minimum atomic E-state index is -1.85. The molecule has 0 aromatic heterocycles. The van der Waals surface area contributed by atoms with Crippen LogP contribution in [0.4, 0.5) is 0 Å². The maximum Gasteiger partial charge on any atom is 0.341 e. The van der Waals surface area contributed by atoms with Crippen LogP contribution in [-0.4, -0.2) is 28.3 Å². The first-order chi connectivity index (χ1) is 9.40. The second-order valence-corrected chi connectivity index (χ2v) is 10.7. The topological polar surface area (TPSA) is 44.8 Å². The first-order valence-electron chi connectivity index (χ1n) is 6.52. The van der Waals surface area contributed by atoms with Gasteiger partial charge in [0.2, 0.25) is 6.29 Å². The average Bonchev–Trinajstić information content (AvgIpc) is 2.43. The molecule has 0 fully saturated rings. The number of hydrogen-bond acceptors (Lipinski definition) is 4. The van der Waals surface area contributed by atoms with Crippen molar-refractivity contribution in [1.82, 2.24) is 0 Å². The van der Waals surface area contributed by atoms with Crippen LogP contribution in [0.25, 0.3) is 5.57 Å². The van der Waals surface area contributed by atoms with E-state index in [1.165, 1.54) is 7.11 Å². The molecule has 0 spiro atoms. The molecule has 0 saturated carbocycles. The molecule has 1 aromatic rings. The summed E-state index contributed by atoms with van der Waals surface area (Å²) in [5.74, 6) is -0.357. The summed E-state index contributed by atoms with van der Waals surface area (Å²) in [6, 6.07) is 7.63. The summed E-state index contributed by atoms with van der Waals surface area (Å²) < 4.78 is 16.3. The molecule has 20 heavy (non-hydrogen) atoms. The predicted octanol–water partition coefficient (Wildman–Crippen LogP) is 3.12. The van der Waals surface area contributed by atoms with Gasteiger partial charge in [-0.25, -0.2) is 4.79 Å². The second kappa shape index (κ2) is 5.42. The second-order valence-electron chi connectivity index (χ2n) is 5.72. The molecule has 1 atom stereocenters. The molecule has 2 rings (SSSR count). The van der Waals surface area contributed by atoms with Gasteiger partial charge in [-0.2, -0.15) is 0 Å². The minimum absolute atomic E-state index is 0.357. The van der Waals surface area contributed by atoms with E-state index in [9.17, 15) is 4.79 Å². The molecule has 108 valence electrons. The number of benzene rings is 1. The molecular weight excluding hydrogens is 272 g/mol. The third-order valence-corrected chi connectivity index (χ3v) is 4.95. The SMILES string of the molecule is COC(=O)C1=C([Si](C)(C)C)OC(OC)c2ccccc21. The van der Waals surface area contributed by atoms with Crippen LogP contribution < -0.4 is 0 Å². The van der Waals surface area contributed by atoms with Crippen molar-refractivity contribution in [3.05, 3.63) is 40.8 Å². The first kappa shape index (κ1) is 14.8. The molecule has 1 aliphatic heterocycles. The van der Waals surface area contributed by atoms with Gasteiger partial charge in [-0.3, -0.25) is 0 Å². The maximum absolute atomic E-state index is 12.2. The number of esters is 1. The quantitative estimate of drug-likeness (QED) is 0.634. The highest BCUT2D eigenvalue weighted by molar-refractivity contribution is 6.84. The fraction of sp³-hybridized carbons (Fsp3) is 0.400. The Balaban J connectivity index is 2.71. The van der Waals surface area contributed by atoms with Crippen molar-refractivity contribution in [3.8, 4) is 0 Å². The lowest BCUT2D eigenvalue weighted by atomic mass is 9.98. The fourth-order valence-electron chi connectivity index (χ4n) is 2.31. The number of hydrogen-bond donors (Lipinski definition) is 0. The van der Waals surface area contributed by atoms with E-state index in [0.29, 0.717) is 5.57 Å². The van der Waals surface area contributed by atoms with Crippen molar-refractivity contribution in [2.75, 3.05) is 14.2 Å². The van der Waals surface area contributed by atoms with Gasteiger partial charge in [0.25, 0.3) is 0 Å². The largest absolute Gasteiger partial charge is 0.469 e. The van der Waals surface area contributed by atoms with Crippen molar-refractivity contribution in [2.24, 2.45) is 0 Å². The zero-order valence-electron chi connectivity index (χ0n) is 12.5. The lowest BCUT2D eigenvalue weighted by Crippen LogP contribution is -2.33. The molecule has 0 radical (unpaired) electrons. The third kappa shape index (κ3) is 2.51. The van der Waals surface area contributed by atoms with Gasteiger partial charge in [-0.1, -0.05) is 43.9 Å². The fourth-order valence-corrected chi connectivity index (χ4v) is 3.76. The smallest absolute Gasteiger partial charge is 0.341 e. The zero-order valence-corrected chi connectivity index (χ0v) is 13.5. The molecule has 0 bridgehead atoms. The van der Waals surface area contributed by atoms with Crippen LogP contribution in [-0.2, 0) is 19.0 Å². The standard InChI is InChI=1S/C15H20O4Si/c1-17-13(16)12-10-8-6-7-9-11(10)14(18-2)19-15(12)20(3,4)5/h6-9,14H,1-5H3. The minimum Gasteiger partial charge on any atom is -0.469 e. The van der Waals surface area contributed by atoms with Crippen LogP contribution in [0, 0.1) is 0 Å². The molecule has 0 saturated heterocycles. The van der Waals surface area contributed by atoms with Gasteiger partial charge in [0.1, 0.15) is 13.6 Å². The van der Waals surface area contributed by atoms with Gasteiger partial charge in [0.05, 0.1) is 12.5 Å². The van der Waals surface area contributed by atoms with Crippen LogP contribution in [0.1, 0.15) is 17.4 Å². The molecule has 1 unspecified atom stereocenters. The van der Waals surface area contributed by atoms with Crippen LogP contribution in [0.2, 0.25) is 19.6 Å². The van der Waals surface area contributed by atoms with Gasteiger partial charge < -0.3 is 14.2 Å². The highest BCUT2D eigenvalue weighted by atomic mass is 28.3. The Labute approximate surface area is 120 Å². The number of rotatable bonds is 3. The van der Waals surface area contributed by atoms with Crippen LogP contribution in [0.5, 0.6) is 0 Å². The molecule has 1 aromatic carbocycles. The van der Waals surface area contributed by atoms with Crippen molar-refractivity contribution in [3.63, 3.8) is 0 Å². The summed E-state index contributed by atoms with van der Waals surface area (Å²) in [7, 11) is 1.15. The van der Waals surface area contributed by atoms with E-state index in [0.717, 1.165) is 16.5 Å². The molecule has 0 aliphatic carbocycles. The normalized spacial score (nSPS) is 18.4. The van der Waals surface area contributed by atoms with Crippen molar-refractivity contribution >= 4 is 19.6 Å². The summed E-state index contributed by atoms with van der Waals surface area (Å²) in [6.07, 6.45) is -0.471. The van der Waals surface area contributed by atoms with Crippen LogP contribution >= 0.6 is 0 Å². The number of carbonyl (C=O) groups excluding carboxylic acids is 1. The lowest BCUT2D eigenvalue weighted by Gasteiger charge is -2.33. The summed E-state index contributed by atoms with van der Waals surface area (Å²) >= 11 is 0. The molecule has 1 aliphatic rings. The van der Waals surface area contributed by atoms with Crippen molar-refractivity contribution in [1.29, 1.82) is 0 Å². The summed E-state index contributed by atoms with van der Waals surface area (Å²) in [5.41, 5.74) is 2.24. The first-order valence-corrected chi connectivity index (χ1v) is 10.0. The van der Waals surface area contributed by atoms with E-state index in [4.69, 9.17) is 14.2 Å². The van der Waals surface area contributed by atoms with Gasteiger partial charge in [-0.05, 0) is 0 Å². The van der Waals surface area contributed by atoms with Crippen LogP contribution in [0.15, 0.2) is 29.6 Å². The summed E-state index contributed by atoms with van der Waals surface area (Å²) in [5, 5.41) is 0.731. The van der Waals surface area contributed by atoms with E-state index in [1.807, 2.05) is 24.3 Å². The lowest BCUT2D eigenvalue weighted by molar-refractivity contribution is -0.134. The Hall–Kier alpha value is -1.59. The maximum atomic E-state index is 12.2. The van der Waals surface area contributed by atoms with Crippen molar-refractivity contribution in [2.45, 2.75) is 25.9 Å². The summed E-state index contributed by atoms with van der Waals surface area (Å²) in [4.78, 5) is 12.2. The van der Waals surface area contributed by atoms with Gasteiger partial charge >= 0.3 is 5.97 Å². The third-order valence-electron chi connectivity index (χ3n) is 3.22. The van der Waals surface area contributed by atoms with E-state index in [2.05, 4.69) is 19.6 Å². The Morgan fingerprint density at radius 3 is 2.40 bits per heavy atom. The van der Waals surface area contributed by atoms with E-state index < -0.39 is 14.4 Å². The number of methoxy groups -OCH3 is 2. The summed E-state index contributed by atoms with van der Waals surface area (Å²) in [6.45, 7) is 6.39. The number of ether oxygens (including phenoxy) is 3. The molecule has 1 heterocycles. The Morgan fingerprint density at radius 2 is 1.85 bits per heavy atom. The van der Waals surface area contributed by atoms with Gasteiger partial charge in [-0.15, -0.1) is 0 Å². The predicted molar refractivity (Wildman–Crippen MR) is 79.6 cm³/mol. The van der Waals surface area contributed by atoms with E-state index >= 15 is 0 Å². The monoisotopic (exact) mass is 292 g/mol. The zero-order chi connectivity index (χ0) is 14.9. The van der Waals surface area contributed by atoms with Gasteiger partial charge in [0, 0.05) is 18.2 Å². The average molecular weight is 292 g/mol. The van der Waals surface area contributed by atoms with Crippen molar-refractivity contribution < 1.29 is 19.0 Å². The Kier molecular flexibility index (Phi) is 4.01. The number of fused-ring (bicyclic) bond motifs is 1. The van der Waals surface area contributed by atoms with E-state index in [1.54, 1.807) is 7.11 Å². The van der Waals surface area contributed by atoms with Crippen LogP contribution in [0.3, 0.4) is 0 Å². The molecule has 5 heteroatoms. The number of carbonyl (C=O) groups is 1. The Bertz CT molecular complexity index is 557. The highest BCUT2D eigenvalue weighted by Crippen LogP contribution is 2.40. The van der Waals surface area contributed by atoms with Gasteiger partial charge in [0.15, 0.2) is 0 Å². The molecular formula is C15H20O4Si. The molecule has 4 nitrogen and oxygen atoms in total. The highest BCUT2D eigenvalue weighted by Gasteiger charge is 2.38. The van der Waals surface area contributed by atoms with E-state index in [-0.39, 0.29) is 5.97 Å². The molecule has 0 amide bonds. The Morgan fingerprint density at radius 1 is 1.20 bits per heavy atom.